The van der Waals surface area contributed by atoms with Gasteiger partial charge >= 0.3 is 5.97 Å². The second-order valence-electron chi connectivity index (χ2n) is 4.99. The molecule has 0 radical (unpaired) electrons. The number of aromatic carboxylic acids is 1. The topological polar surface area (TPSA) is 80.0 Å². The molecule has 0 atom stereocenters. The maximum Gasteiger partial charge on any atom is 0.339 e. The maximum atomic E-state index is 12.5. The van der Waals surface area contributed by atoms with Crippen molar-refractivity contribution < 1.29 is 23.8 Å². The highest BCUT2D eigenvalue weighted by molar-refractivity contribution is 9.10. The van der Waals surface area contributed by atoms with Gasteiger partial charge < -0.3 is 19.2 Å². The first kappa shape index (κ1) is 17.1. The van der Waals surface area contributed by atoms with Gasteiger partial charge in [-0.25, -0.2) is 4.79 Å². The summed E-state index contributed by atoms with van der Waals surface area (Å²) in [5.41, 5.74) is 0.516. The molecule has 0 bridgehead atoms. The zero-order valence-electron chi connectivity index (χ0n) is 12.9. The number of carbonyl (C=O) groups is 2. The molecule has 23 heavy (non-hydrogen) atoms. The molecule has 2 aromatic rings. The van der Waals surface area contributed by atoms with Crippen LogP contribution in [0.15, 0.2) is 33.2 Å². The van der Waals surface area contributed by atoms with E-state index < -0.39 is 5.97 Å². The first-order chi connectivity index (χ1) is 10.8. The quantitative estimate of drug-likeness (QED) is 0.858. The molecule has 0 spiro atoms. The summed E-state index contributed by atoms with van der Waals surface area (Å²) in [5, 5.41) is 9.03. The van der Waals surface area contributed by atoms with Crippen molar-refractivity contribution in [3.05, 3.63) is 51.4 Å². The Hall–Kier alpha value is -2.28. The molecule has 2 rings (SSSR count). The number of aryl methyl sites for hydroxylation is 1. The number of hydrogen-bond acceptors (Lipinski definition) is 4. The summed E-state index contributed by atoms with van der Waals surface area (Å²) in [5.74, 6) is -0.124. The summed E-state index contributed by atoms with van der Waals surface area (Å²) in [4.78, 5) is 25.0. The molecule has 1 heterocycles. The van der Waals surface area contributed by atoms with Crippen molar-refractivity contribution in [1.82, 2.24) is 4.90 Å². The second kappa shape index (κ2) is 6.87. The van der Waals surface area contributed by atoms with Crippen LogP contribution in [-0.2, 0) is 6.54 Å². The fourth-order valence-electron chi connectivity index (χ4n) is 2.19. The number of carboxylic acid groups (broad SMARTS) is 1. The Labute approximate surface area is 141 Å². The Kier molecular flexibility index (Phi) is 5.10. The predicted octanol–water partition coefficient (Wildman–Crippen LogP) is 3.33. The van der Waals surface area contributed by atoms with Gasteiger partial charge in [0.15, 0.2) is 0 Å². The highest BCUT2D eigenvalue weighted by atomic mass is 79.9. The van der Waals surface area contributed by atoms with E-state index in [0.29, 0.717) is 22.8 Å². The summed E-state index contributed by atoms with van der Waals surface area (Å²) in [6.45, 7) is 1.73. The standard InChI is InChI=1S/C16H16BrNO5/c1-9-13(16(20)21)7-11(23-9)8-18(2)15(19)12-5-4-10(17)6-14(12)22-3/h4-7H,8H2,1-3H3,(H,20,21). The number of carboxylic acids is 1. The number of furan rings is 1. The molecule has 1 aromatic heterocycles. The fourth-order valence-corrected chi connectivity index (χ4v) is 2.53. The number of hydrogen-bond donors (Lipinski definition) is 1. The van der Waals surface area contributed by atoms with Gasteiger partial charge in [0.05, 0.1) is 19.2 Å². The minimum Gasteiger partial charge on any atom is -0.496 e. The lowest BCUT2D eigenvalue weighted by Gasteiger charge is -2.17. The van der Waals surface area contributed by atoms with E-state index in [0.717, 1.165) is 4.47 Å². The molecular formula is C16H16BrNO5. The number of carbonyl (C=O) groups excluding carboxylic acids is 1. The van der Waals surface area contributed by atoms with Gasteiger partial charge in [-0.3, -0.25) is 4.79 Å². The molecule has 0 saturated heterocycles. The Morgan fingerprint density at radius 2 is 2.00 bits per heavy atom. The van der Waals surface area contributed by atoms with Crippen LogP contribution in [0, 0.1) is 6.92 Å². The van der Waals surface area contributed by atoms with Gasteiger partial charge in [-0.15, -0.1) is 0 Å². The lowest BCUT2D eigenvalue weighted by atomic mass is 10.1. The molecule has 122 valence electrons. The lowest BCUT2D eigenvalue weighted by Crippen LogP contribution is -2.26. The Bertz CT molecular complexity index is 753. The van der Waals surface area contributed by atoms with Gasteiger partial charge in [-0.05, 0) is 31.2 Å². The number of benzene rings is 1. The number of ether oxygens (including phenoxy) is 1. The van der Waals surface area contributed by atoms with Gasteiger partial charge in [0, 0.05) is 11.5 Å². The minimum absolute atomic E-state index is 0.0991. The van der Waals surface area contributed by atoms with Gasteiger partial charge in [-0.1, -0.05) is 15.9 Å². The molecule has 1 amide bonds. The molecule has 6 nitrogen and oxygen atoms in total. The zero-order chi connectivity index (χ0) is 17.1. The van der Waals surface area contributed by atoms with Gasteiger partial charge in [0.25, 0.3) is 5.91 Å². The molecule has 0 unspecified atom stereocenters. The van der Waals surface area contributed by atoms with Crippen molar-refractivity contribution >= 4 is 27.8 Å². The SMILES string of the molecule is COc1cc(Br)ccc1C(=O)N(C)Cc1cc(C(=O)O)c(C)o1. The van der Waals surface area contributed by atoms with E-state index in [1.165, 1.54) is 18.1 Å². The molecular weight excluding hydrogens is 366 g/mol. The monoisotopic (exact) mass is 381 g/mol. The average Bonchev–Trinajstić information content (AvgIpc) is 2.87. The number of nitrogens with zero attached hydrogens (tertiary/aromatic N) is 1. The third-order valence-electron chi connectivity index (χ3n) is 3.33. The van der Waals surface area contributed by atoms with Crippen molar-refractivity contribution in [2.75, 3.05) is 14.2 Å². The summed E-state index contributed by atoms with van der Waals surface area (Å²) in [7, 11) is 3.11. The minimum atomic E-state index is -1.05. The predicted molar refractivity (Wildman–Crippen MR) is 86.9 cm³/mol. The van der Waals surface area contributed by atoms with Crippen LogP contribution in [0.25, 0.3) is 0 Å². The van der Waals surface area contributed by atoms with Crippen LogP contribution in [0.4, 0.5) is 0 Å². The van der Waals surface area contributed by atoms with E-state index in [1.807, 2.05) is 0 Å². The zero-order valence-corrected chi connectivity index (χ0v) is 14.5. The van der Waals surface area contributed by atoms with Crippen LogP contribution in [-0.4, -0.2) is 36.0 Å². The van der Waals surface area contributed by atoms with Crippen molar-refractivity contribution in [2.24, 2.45) is 0 Å². The number of halogens is 1. The molecule has 1 aromatic carbocycles. The van der Waals surface area contributed by atoms with Crippen molar-refractivity contribution in [1.29, 1.82) is 0 Å². The summed E-state index contributed by atoms with van der Waals surface area (Å²) < 4.78 is 11.4. The third kappa shape index (κ3) is 3.73. The highest BCUT2D eigenvalue weighted by Gasteiger charge is 2.20. The normalized spacial score (nSPS) is 10.4. The van der Waals surface area contributed by atoms with Crippen LogP contribution in [0.2, 0.25) is 0 Å². The van der Waals surface area contributed by atoms with Crippen molar-refractivity contribution in [3.8, 4) is 5.75 Å². The van der Waals surface area contributed by atoms with Crippen LogP contribution in [0.3, 0.4) is 0 Å². The maximum absolute atomic E-state index is 12.5. The van der Waals surface area contributed by atoms with Crippen LogP contribution in [0.1, 0.15) is 32.2 Å². The van der Waals surface area contributed by atoms with E-state index in [9.17, 15) is 9.59 Å². The van der Waals surface area contributed by atoms with Crippen LogP contribution < -0.4 is 4.74 Å². The molecule has 0 aliphatic rings. The van der Waals surface area contributed by atoms with Crippen LogP contribution in [0.5, 0.6) is 5.75 Å². The largest absolute Gasteiger partial charge is 0.496 e. The molecule has 0 saturated carbocycles. The number of methoxy groups -OCH3 is 1. The molecule has 0 aliphatic carbocycles. The second-order valence-corrected chi connectivity index (χ2v) is 5.91. The van der Waals surface area contributed by atoms with E-state index in [4.69, 9.17) is 14.3 Å². The van der Waals surface area contributed by atoms with E-state index >= 15 is 0 Å². The summed E-state index contributed by atoms with van der Waals surface area (Å²) in [6.07, 6.45) is 0. The van der Waals surface area contributed by atoms with Crippen LogP contribution >= 0.6 is 15.9 Å². The van der Waals surface area contributed by atoms with E-state index in [-0.39, 0.29) is 18.0 Å². The summed E-state index contributed by atoms with van der Waals surface area (Å²) in [6, 6.07) is 6.56. The molecule has 7 heteroatoms. The lowest BCUT2D eigenvalue weighted by molar-refractivity contribution is 0.0694. The smallest absolute Gasteiger partial charge is 0.339 e. The number of rotatable bonds is 5. The van der Waals surface area contributed by atoms with Gasteiger partial charge in [-0.2, -0.15) is 0 Å². The Morgan fingerprint density at radius 1 is 1.30 bits per heavy atom. The van der Waals surface area contributed by atoms with Crippen molar-refractivity contribution in [3.63, 3.8) is 0 Å². The third-order valence-corrected chi connectivity index (χ3v) is 3.83. The molecule has 0 fully saturated rings. The fraction of sp³-hybridized carbons (Fsp3) is 0.250. The Balaban J connectivity index is 2.20. The van der Waals surface area contributed by atoms with Crippen molar-refractivity contribution in [2.45, 2.75) is 13.5 Å². The van der Waals surface area contributed by atoms with E-state index in [2.05, 4.69) is 15.9 Å². The van der Waals surface area contributed by atoms with Gasteiger partial charge in [0.2, 0.25) is 0 Å². The average molecular weight is 382 g/mol. The van der Waals surface area contributed by atoms with E-state index in [1.54, 1.807) is 32.2 Å². The van der Waals surface area contributed by atoms with Gasteiger partial charge in [0.1, 0.15) is 22.8 Å². The first-order valence-corrected chi connectivity index (χ1v) is 7.54. The summed E-state index contributed by atoms with van der Waals surface area (Å²) >= 11 is 3.33. The molecule has 1 N–H and O–H groups in total. The Morgan fingerprint density at radius 3 is 2.57 bits per heavy atom. The highest BCUT2D eigenvalue weighted by Crippen LogP contribution is 2.25. The number of amides is 1. The first-order valence-electron chi connectivity index (χ1n) is 6.75. The molecule has 0 aliphatic heterocycles.